The smallest absolute Gasteiger partial charge is 0.0211 e. The summed E-state index contributed by atoms with van der Waals surface area (Å²) in [4.78, 5) is 0. The Morgan fingerprint density at radius 3 is 3.00 bits per heavy atom. The fourth-order valence-corrected chi connectivity index (χ4v) is 1.76. The van der Waals surface area contributed by atoms with E-state index in [1.165, 1.54) is 19.3 Å². The lowest BCUT2D eigenvalue weighted by molar-refractivity contribution is 0.342. The maximum atomic E-state index is 5.85. The first-order valence-electron chi connectivity index (χ1n) is 4.75. The Morgan fingerprint density at radius 2 is 2.33 bits per heavy atom. The third kappa shape index (κ3) is 3.25. The van der Waals surface area contributed by atoms with Crippen LogP contribution in [-0.4, -0.2) is 18.6 Å². The summed E-state index contributed by atoms with van der Waals surface area (Å²) in [5.41, 5.74) is 5.85. The third-order valence-corrected chi connectivity index (χ3v) is 2.42. The fraction of sp³-hybridized carbons (Fsp3) is 0.800. The van der Waals surface area contributed by atoms with Crippen molar-refractivity contribution in [3.05, 3.63) is 0 Å². The Kier molecular flexibility index (Phi) is 4.13. The van der Waals surface area contributed by atoms with Gasteiger partial charge in [-0.3, -0.25) is 0 Å². The van der Waals surface area contributed by atoms with Gasteiger partial charge in [0.2, 0.25) is 0 Å². The molecule has 1 fully saturated rings. The molecule has 0 radical (unpaired) electrons. The van der Waals surface area contributed by atoms with Gasteiger partial charge >= 0.3 is 0 Å². The summed E-state index contributed by atoms with van der Waals surface area (Å²) in [7, 11) is 0. The van der Waals surface area contributed by atoms with E-state index in [9.17, 15) is 0 Å². The summed E-state index contributed by atoms with van der Waals surface area (Å²) in [5.74, 6) is 2.62. The molecule has 1 aliphatic carbocycles. The van der Waals surface area contributed by atoms with Crippen LogP contribution in [0.25, 0.3) is 0 Å². The molecule has 2 atom stereocenters. The Labute approximate surface area is 74.9 Å². The zero-order valence-electron chi connectivity index (χ0n) is 7.55. The van der Waals surface area contributed by atoms with Crippen molar-refractivity contribution in [1.29, 1.82) is 0 Å². The quantitative estimate of drug-likeness (QED) is 0.482. The molecule has 0 aliphatic heterocycles. The minimum Gasteiger partial charge on any atom is -0.328 e. The highest BCUT2D eigenvalue weighted by atomic mass is 14.9. The number of nitrogens with two attached hydrogens (primary N) is 1. The second kappa shape index (κ2) is 5.18. The van der Waals surface area contributed by atoms with Crippen LogP contribution in [0.3, 0.4) is 0 Å². The largest absolute Gasteiger partial charge is 0.328 e. The topological polar surface area (TPSA) is 38.0 Å². The lowest BCUT2D eigenvalue weighted by Gasteiger charge is -2.27. The van der Waals surface area contributed by atoms with Crippen molar-refractivity contribution in [2.75, 3.05) is 6.54 Å². The van der Waals surface area contributed by atoms with Gasteiger partial charge in [0.15, 0.2) is 0 Å². The van der Waals surface area contributed by atoms with Gasteiger partial charge in [-0.15, -0.1) is 12.3 Å². The molecule has 0 spiro atoms. The highest BCUT2D eigenvalue weighted by Gasteiger charge is 2.17. The van der Waals surface area contributed by atoms with Crippen LogP contribution in [-0.2, 0) is 0 Å². The second-order valence-electron chi connectivity index (χ2n) is 3.53. The summed E-state index contributed by atoms with van der Waals surface area (Å²) in [5, 5.41) is 3.43. The maximum absolute atomic E-state index is 5.85. The molecule has 0 heterocycles. The average Bonchev–Trinajstić information content (AvgIpc) is 2.05. The van der Waals surface area contributed by atoms with Gasteiger partial charge in [-0.05, 0) is 19.3 Å². The van der Waals surface area contributed by atoms with Gasteiger partial charge < -0.3 is 11.1 Å². The SMILES string of the molecule is C#CCCNC1CCCC(N)C1. The molecule has 12 heavy (non-hydrogen) atoms. The predicted octanol–water partition coefficient (Wildman–Crippen LogP) is 0.869. The molecule has 3 N–H and O–H groups in total. The van der Waals surface area contributed by atoms with E-state index >= 15 is 0 Å². The van der Waals surface area contributed by atoms with Gasteiger partial charge in [0.25, 0.3) is 0 Å². The van der Waals surface area contributed by atoms with Crippen LogP contribution in [0.15, 0.2) is 0 Å². The van der Waals surface area contributed by atoms with Crippen LogP contribution in [0.4, 0.5) is 0 Å². The van der Waals surface area contributed by atoms with Gasteiger partial charge in [-0.1, -0.05) is 6.42 Å². The van der Waals surface area contributed by atoms with E-state index in [-0.39, 0.29) is 0 Å². The highest BCUT2D eigenvalue weighted by Crippen LogP contribution is 2.16. The Hall–Kier alpha value is -0.520. The van der Waals surface area contributed by atoms with E-state index in [0.29, 0.717) is 12.1 Å². The number of hydrogen-bond donors (Lipinski definition) is 2. The Bertz CT molecular complexity index is 160. The fourth-order valence-electron chi connectivity index (χ4n) is 1.76. The van der Waals surface area contributed by atoms with E-state index in [2.05, 4.69) is 11.2 Å². The number of nitrogens with one attached hydrogen (secondary N) is 1. The second-order valence-corrected chi connectivity index (χ2v) is 3.53. The van der Waals surface area contributed by atoms with Gasteiger partial charge in [0, 0.05) is 25.0 Å². The van der Waals surface area contributed by atoms with Crippen LogP contribution < -0.4 is 11.1 Å². The number of rotatable bonds is 3. The molecule has 0 aromatic rings. The predicted molar refractivity (Wildman–Crippen MR) is 51.7 cm³/mol. The van der Waals surface area contributed by atoms with Gasteiger partial charge in [0.05, 0.1) is 0 Å². The summed E-state index contributed by atoms with van der Waals surface area (Å²) >= 11 is 0. The molecule has 0 aromatic carbocycles. The standard InChI is InChI=1S/C10H18N2/c1-2-3-7-12-10-6-4-5-9(11)8-10/h1,9-10,12H,3-8,11H2. The molecule has 2 nitrogen and oxygen atoms in total. The highest BCUT2D eigenvalue weighted by molar-refractivity contribution is 4.86. The molecule has 0 saturated heterocycles. The molecule has 2 unspecified atom stereocenters. The molecule has 1 aliphatic rings. The van der Waals surface area contributed by atoms with Crippen molar-refractivity contribution >= 4 is 0 Å². The molecular weight excluding hydrogens is 148 g/mol. The molecule has 2 heteroatoms. The molecule has 0 amide bonds. The van der Waals surface area contributed by atoms with E-state index in [0.717, 1.165) is 19.4 Å². The summed E-state index contributed by atoms with van der Waals surface area (Å²) in [6.07, 6.45) is 10.8. The lowest BCUT2D eigenvalue weighted by atomic mass is 9.91. The first kappa shape index (κ1) is 9.57. The van der Waals surface area contributed by atoms with Gasteiger partial charge in [-0.25, -0.2) is 0 Å². The Balaban J connectivity index is 2.11. The lowest BCUT2D eigenvalue weighted by Crippen LogP contribution is -2.39. The van der Waals surface area contributed by atoms with Crippen molar-refractivity contribution < 1.29 is 0 Å². The molecule has 0 bridgehead atoms. The van der Waals surface area contributed by atoms with Gasteiger partial charge in [0.1, 0.15) is 0 Å². The first-order valence-corrected chi connectivity index (χ1v) is 4.75. The summed E-state index contributed by atoms with van der Waals surface area (Å²) in [6, 6.07) is 1.02. The number of hydrogen-bond acceptors (Lipinski definition) is 2. The van der Waals surface area contributed by atoms with Crippen molar-refractivity contribution in [3.63, 3.8) is 0 Å². The van der Waals surface area contributed by atoms with Crippen LogP contribution in [0.5, 0.6) is 0 Å². The van der Waals surface area contributed by atoms with E-state index in [1.54, 1.807) is 0 Å². The zero-order chi connectivity index (χ0) is 8.81. The van der Waals surface area contributed by atoms with Crippen LogP contribution >= 0.6 is 0 Å². The monoisotopic (exact) mass is 166 g/mol. The van der Waals surface area contributed by atoms with E-state index < -0.39 is 0 Å². The summed E-state index contributed by atoms with van der Waals surface area (Å²) < 4.78 is 0. The van der Waals surface area contributed by atoms with Crippen molar-refractivity contribution in [1.82, 2.24) is 5.32 Å². The zero-order valence-corrected chi connectivity index (χ0v) is 7.55. The third-order valence-electron chi connectivity index (χ3n) is 2.42. The van der Waals surface area contributed by atoms with Crippen molar-refractivity contribution in [2.45, 2.75) is 44.2 Å². The molecule has 1 saturated carbocycles. The van der Waals surface area contributed by atoms with Crippen molar-refractivity contribution in [2.24, 2.45) is 5.73 Å². The molecule has 1 rings (SSSR count). The van der Waals surface area contributed by atoms with E-state index in [4.69, 9.17) is 12.2 Å². The first-order chi connectivity index (χ1) is 5.83. The van der Waals surface area contributed by atoms with Crippen LogP contribution in [0.1, 0.15) is 32.1 Å². The van der Waals surface area contributed by atoms with Crippen LogP contribution in [0, 0.1) is 12.3 Å². The Morgan fingerprint density at radius 1 is 1.50 bits per heavy atom. The summed E-state index contributed by atoms with van der Waals surface area (Å²) in [6.45, 7) is 0.938. The molecule has 68 valence electrons. The van der Waals surface area contributed by atoms with Crippen LogP contribution in [0.2, 0.25) is 0 Å². The average molecular weight is 166 g/mol. The molecular formula is C10H18N2. The molecule has 0 aromatic heterocycles. The minimum absolute atomic E-state index is 0.405. The normalized spacial score (nSPS) is 29.7. The number of terminal acetylenes is 1. The van der Waals surface area contributed by atoms with Gasteiger partial charge in [-0.2, -0.15) is 0 Å². The van der Waals surface area contributed by atoms with Crippen molar-refractivity contribution in [3.8, 4) is 12.3 Å². The van der Waals surface area contributed by atoms with E-state index in [1.807, 2.05) is 0 Å². The minimum atomic E-state index is 0.405. The maximum Gasteiger partial charge on any atom is 0.0211 e.